The lowest BCUT2D eigenvalue weighted by molar-refractivity contribution is 2.21. The van der Waals surface area contributed by atoms with Gasteiger partial charge in [-0.25, -0.2) is 0 Å². The Hall–Kier alpha value is 1.76. The lowest BCUT2D eigenvalue weighted by Crippen LogP contribution is -1.27. The third kappa shape index (κ3) is 0.430. The van der Waals surface area contributed by atoms with E-state index >= 15 is 0 Å². The second-order valence-corrected chi connectivity index (χ2v) is 16.2. The third-order valence-corrected chi connectivity index (χ3v) is 24.5. The van der Waals surface area contributed by atoms with Crippen LogP contribution in [0, 0.1) is 0 Å². The van der Waals surface area contributed by atoms with Gasteiger partial charge in [-0.1, -0.05) is 0 Å². The highest BCUT2D eigenvalue weighted by atomic mass is 127. The molecule has 26 valence electrons. The van der Waals surface area contributed by atoms with E-state index < -0.39 is 0 Å². The van der Waals surface area contributed by atoms with Crippen molar-refractivity contribution in [2.75, 3.05) is 0 Å². The molecule has 1 saturated heterocycles. The molecule has 0 spiro atoms. The fourth-order valence-electron chi connectivity index (χ4n) is 0.255. The minimum Gasteiger partial charge on any atom is 0.00911 e. The van der Waals surface area contributed by atoms with Gasteiger partial charge < -0.3 is 0 Å². The first-order chi connectivity index (χ1) is 2.39. The van der Waals surface area contributed by atoms with Gasteiger partial charge in [-0.05, 0) is 0 Å². The zero-order valence-electron chi connectivity index (χ0n) is 2.30. The second-order valence-electron chi connectivity index (χ2n) is 1.07. The zero-order chi connectivity index (χ0) is 3.44. The zero-order valence-corrected chi connectivity index (χ0v) is 7.14. The van der Waals surface area contributed by atoms with Crippen molar-refractivity contribution in [2.45, 2.75) is 5.14 Å². The fraction of sp³-hybridized carbons (Fsp3) is 1.00. The SMILES string of the molecule is IP1C2P=[P+]21. The molecule has 3 atom stereocenters. The van der Waals surface area contributed by atoms with E-state index in [2.05, 4.69) is 22.0 Å². The summed E-state index contributed by atoms with van der Waals surface area (Å²) in [5.41, 5.74) is 0. The van der Waals surface area contributed by atoms with Crippen LogP contribution < -0.4 is 0 Å². The van der Waals surface area contributed by atoms with Crippen LogP contribution in [-0.2, 0) is 0 Å². The van der Waals surface area contributed by atoms with E-state index in [1.54, 1.807) is 0 Å². The molecule has 0 nitrogen and oxygen atoms in total. The van der Waals surface area contributed by atoms with Crippen LogP contribution in [-0.4, -0.2) is 5.14 Å². The number of hydrogen-bond donors (Lipinski definition) is 0. The highest BCUT2D eigenvalue weighted by Crippen LogP contribution is 3.12. The molecule has 2 rings (SSSR count). The molecule has 5 heavy (non-hydrogen) atoms. The molecule has 0 saturated carbocycles. The number of fused-ring (bicyclic) bond motifs is 1. The Morgan fingerprint density at radius 2 is 2.40 bits per heavy atom. The Labute approximate surface area is 47.2 Å². The quantitative estimate of drug-likeness (QED) is 0.444. The lowest BCUT2D eigenvalue weighted by Gasteiger charge is -1.50. The van der Waals surface area contributed by atoms with Crippen molar-refractivity contribution in [2.24, 2.45) is 0 Å². The van der Waals surface area contributed by atoms with E-state index in [1.807, 2.05) is 7.87 Å². The summed E-state index contributed by atoms with van der Waals surface area (Å²) in [4.78, 5) is 0. The summed E-state index contributed by atoms with van der Waals surface area (Å²) >= 11 is 2.62. The molecular weight excluding hydrogens is 232 g/mol. The lowest BCUT2D eigenvalue weighted by atomic mass is 11.9. The van der Waals surface area contributed by atoms with Crippen molar-refractivity contribution in [3.63, 3.8) is 0 Å². The average molecular weight is 233 g/mol. The largest absolute Gasteiger partial charge is 0.271 e. The molecule has 0 amide bonds. The van der Waals surface area contributed by atoms with Crippen LogP contribution >= 0.6 is 42.1 Å². The molecule has 0 aromatic rings. The first-order valence-corrected chi connectivity index (χ1v) is 9.33. The minimum atomic E-state index is 0.688. The van der Waals surface area contributed by atoms with Gasteiger partial charge in [0, 0.05) is 22.0 Å². The van der Waals surface area contributed by atoms with E-state index in [0.29, 0.717) is 5.25 Å². The van der Waals surface area contributed by atoms with Gasteiger partial charge in [0.15, 0.2) is 14.8 Å². The van der Waals surface area contributed by atoms with Crippen molar-refractivity contribution in [3.8, 4) is 0 Å². The Morgan fingerprint density at radius 1 is 2.00 bits per heavy atom. The maximum absolute atomic E-state index is 2.62. The molecule has 2 heterocycles. The number of rotatable bonds is 0. The first kappa shape index (κ1) is 3.72. The normalized spacial score (nSPS) is 64.6. The molecule has 4 heteroatoms. The van der Waals surface area contributed by atoms with E-state index in [-0.39, 0.29) is 0 Å². The summed E-state index contributed by atoms with van der Waals surface area (Å²) in [7, 11) is 1.84. The van der Waals surface area contributed by atoms with Gasteiger partial charge in [-0.15, -0.1) is 0 Å². The summed E-state index contributed by atoms with van der Waals surface area (Å²) in [5.74, 6) is 0. The summed E-state index contributed by atoms with van der Waals surface area (Å²) in [5, 5.41) is 1.99. The standard InChI is InChI=1S/CHIP3/c2-4-1-3-5(1)4/h1H/q+1. The maximum atomic E-state index is 2.62. The Bertz CT molecular complexity index is 107. The fourth-order valence-corrected chi connectivity index (χ4v) is 24.4. The summed E-state index contributed by atoms with van der Waals surface area (Å²) in [6.45, 7) is 0.759. The molecule has 1 fully saturated rings. The summed E-state index contributed by atoms with van der Waals surface area (Å²) < 4.78 is 0. The van der Waals surface area contributed by atoms with Crippen molar-refractivity contribution in [1.29, 1.82) is 0 Å². The van der Waals surface area contributed by atoms with Gasteiger partial charge in [-0.3, -0.25) is 0 Å². The van der Waals surface area contributed by atoms with E-state index in [9.17, 15) is 0 Å². The Balaban J connectivity index is 2.42. The van der Waals surface area contributed by atoms with E-state index in [1.165, 1.54) is 5.14 Å². The topological polar surface area (TPSA) is 0 Å². The molecule has 0 bridgehead atoms. The van der Waals surface area contributed by atoms with Crippen LogP contribution in [0.15, 0.2) is 0 Å². The van der Waals surface area contributed by atoms with Crippen molar-refractivity contribution >= 4 is 42.1 Å². The van der Waals surface area contributed by atoms with Gasteiger partial charge in [0.25, 0.3) is 5.14 Å². The maximum Gasteiger partial charge on any atom is 0.271 e. The molecule has 2 aliphatic rings. The molecule has 2 aliphatic heterocycles. The van der Waals surface area contributed by atoms with Crippen LogP contribution in [0.2, 0.25) is 0 Å². The third-order valence-electron chi connectivity index (χ3n) is 0.706. The van der Waals surface area contributed by atoms with Gasteiger partial charge >= 0.3 is 0 Å². The summed E-state index contributed by atoms with van der Waals surface area (Å²) in [6.07, 6.45) is 0. The van der Waals surface area contributed by atoms with Gasteiger partial charge in [0.2, 0.25) is 5.25 Å². The Morgan fingerprint density at radius 3 is 2.40 bits per heavy atom. The number of hydrogen-bond acceptors (Lipinski definition) is 0. The minimum absolute atomic E-state index is 0.688. The molecular formula is CHIP3+. The van der Waals surface area contributed by atoms with Crippen molar-refractivity contribution < 1.29 is 0 Å². The predicted octanol–water partition coefficient (Wildman–Crippen LogP) is 3.39. The monoisotopic (exact) mass is 233 g/mol. The average Bonchev–Trinajstić information content (AvgIpc) is 2.11. The molecule has 3 unspecified atom stereocenters. The van der Waals surface area contributed by atoms with Crippen LogP contribution in [0.4, 0.5) is 0 Å². The predicted molar refractivity (Wildman–Crippen MR) is 38.6 cm³/mol. The molecule has 0 N–H and O–H groups in total. The van der Waals surface area contributed by atoms with Gasteiger partial charge in [0.05, 0.1) is 0 Å². The van der Waals surface area contributed by atoms with E-state index in [0.717, 1.165) is 6.90 Å². The Kier molecular flexibility index (Phi) is 0.703. The second kappa shape index (κ2) is 0.944. The van der Waals surface area contributed by atoms with Crippen LogP contribution in [0.5, 0.6) is 0 Å². The van der Waals surface area contributed by atoms with Crippen molar-refractivity contribution in [1.82, 2.24) is 0 Å². The summed E-state index contributed by atoms with van der Waals surface area (Å²) in [6, 6.07) is 0. The molecule has 0 aromatic heterocycles. The molecule has 0 radical (unpaired) electrons. The highest BCUT2D eigenvalue weighted by molar-refractivity contribution is 14.2. The number of halogens is 1. The smallest absolute Gasteiger partial charge is 0.00911 e. The highest BCUT2D eigenvalue weighted by Gasteiger charge is 2.74. The van der Waals surface area contributed by atoms with Crippen LogP contribution in [0.1, 0.15) is 0 Å². The van der Waals surface area contributed by atoms with Crippen LogP contribution in [0.3, 0.4) is 0 Å². The van der Waals surface area contributed by atoms with Gasteiger partial charge in [0.1, 0.15) is 0 Å². The molecule has 0 aromatic carbocycles. The first-order valence-electron chi connectivity index (χ1n) is 1.34. The van der Waals surface area contributed by atoms with Crippen molar-refractivity contribution in [3.05, 3.63) is 0 Å². The van der Waals surface area contributed by atoms with E-state index in [4.69, 9.17) is 0 Å². The van der Waals surface area contributed by atoms with Gasteiger partial charge in [-0.2, -0.15) is 0 Å². The molecule has 0 aliphatic carbocycles. The van der Waals surface area contributed by atoms with Crippen LogP contribution in [0.25, 0.3) is 0 Å².